The third-order valence-electron chi connectivity index (χ3n) is 4.37. The average molecular weight is 217 g/mol. The third kappa shape index (κ3) is 2.01. The second kappa shape index (κ2) is 3.89. The molecule has 16 heavy (non-hydrogen) atoms. The molecule has 2 rings (SSSR count). The summed E-state index contributed by atoms with van der Waals surface area (Å²) in [6.45, 7) is 6.78. The smallest absolute Gasteiger partial charge is 0.0246 e. The van der Waals surface area contributed by atoms with Crippen molar-refractivity contribution in [1.82, 2.24) is 0 Å². The Kier molecular flexibility index (Phi) is 2.83. The molecule has 1 heteroatoms. The molecule has 1 nitrogen and oxygen atoms in total. The summed E-state index contributed by atoms with van der Waals surface area (Å²) in [7, 11) is 0. The minimum absolute atomic E-state index is 0.0131. The molecule has 88 valence electrons. The number of hydrogen-bond acceptors (Lipinski definition) is 1. The van der Waals surface area contributed by atoms with Crippen LogP contribution in [-0.2, 0) is 6.42 Å². The standard InChI is InChI=1S/C15H23N/c1-12-6-4-7-13(10-12)11-15(16)9-5-8-14(15,2)3/h4,6-7,10H,5,8-9,11,16H2,1-3H3. The summed E-state index contributed by atoms with van der Waals surface area (Å²) in [5.74, 6) is 0. The molecule has 0 spiro atoms. The highest BCUT2D eigenvalue weighted by Gasteiger charge is 2.45. The number of rotatable bonds is 2. The largest absolute Gasteiger partial charge is 0.324 e. The van der Waals surface area contributed by atoms with Crippen molar-refractivity contribution >= 4 is 0 Å². The number of nitrogens with two attached hydrogens (primary N) is 1. The van der Waals surface area contributed by atoms with Crippen LogP contribution in [0, 0.1) is 12.3 Å². The van der Waals surface area contributed by atoms with Gasteiger partial charge >= 0.3 is 0 Å². The Balaban J connectivity index is 2.21. The van der Waals surface area contributed by atoms with Gasteiger partial charge in [-0.15, -0.1) is 0 Å². The minimum Gasteiger partial charge on any atom is -0.324 e. The Morgan fingerprint density at radius 3 is 2.56 bits per heavy atom. The van der Waals surface area contributed by atoms with Crippen molar-refractivity contribution in [2.45, 2.75) is 52.0 Å². The van der Waals surface area contributed by atoms with Crippen LogP contribution in [0.5, 0.6) is 0 Å². The molecule has 1 unspecified atom stereocenters. The van der Waals surface area contributed by atoms with Gasteiger partial charge in [0.15, 0.2) is 0 Å². The van der Waals surface area contributed by atoms with Crippen LogP contribution in [0.25, 0.3) is 0 Å². The van der Waals surface area contributed by atoms with Gasteiger partial charge in [-0.05, 0) is 37.2 Å². The number of hydrogen-bond donors (Lipinski definition) is 1. The van der Waals surface area contributed by atoms with E-state index in [1.165, 1.54) is 24.0 Å². The van der Waals surface area contributed by atoms with E-state index in [0.717, 1.165) is 12.8 Å². The number of aryl methyl sites for hydroxylation is 1. The fourth-order valence-corrected chi connectivity index (χ4v) is 2.95. The lowest BCUT2D eigenvalue weighted by Crippen LogP contribution is -2.50. The van der Waals surface area contributed by atoms with Gasteiger partial charge in [0.2, 0.25) is 0 Å². The van der Waals surface area contributed by atoms with E-state index in [0.29, 0.717) is 0 Å². The zero-order chi connectivity index (χ0) is 11.8. The van der Waals surface area contributed by atoms with E-state index in [4.69, 9.17) is 5.73 Å². The van der Waals surface area contributed by atoms with E-state index in [2.05, 4.69) is 45.0 Å². The summed E-state index contributed by atoms with van der Waals surface area (Å²) in [6, 6.07) is 8.75. The van der Waals surface area contributed by atoms with E-state index in [1.54, 1.807) is 0 Å². The van der Waals surface area contributed by atoms with Crippen molar-refractivity contribution in [1.29, 1.82) is 0 Å². The van der Waals surface area contributed by atoms with Crippen molar-refractivity contribution in [3.63, 3.8) is 0 Å². The second-order valence-corrected chi connectivity index (χ2v) is 6.06. The Bertz CT molecular complexity index is 381. The molecular weight excluding hydrogens is 194 g/mol. The SMILES string of the molecule is Cc1cccc(CC2(N)CCCC2(C)C)c1. The van der Waals surface area contributed by atoms with Crippen molar-refractivity contribution in [3.8, 4) is 0 Å². The van der Waals surface area contributed by atoms with Gasteiger partial charge < -0.3 is 5.73 Å². The maximum atomic E-state index is 6.62. The van der Waals surface area contributed by atoms with Crippen molar-refractivity contribution in [2.24, 2.45) is 11.1 Å². The summed E-state index contributed by atoms with van der Waals surface area (Å²) in [5.41, 5.74) is 9.60. The quantitative estimate of drug-likeness (QED) is 0.806. The lowest BCUT2D eigenvalue weighted by atomic mass is 9.72. The van der Waals surface area contributed by atoms with Crippen LogP contribution in [0.4, 0.5) is 0 Å². The molecule has 1 atom stereocenters. The first-order valence-electron chi connectivity index (χ1n) is 6.27. The lowest BCUT2D eigenvalue weighted by molar-refractivity contribution is 0.207. The summed E-state index contributed by atoms with van der Waals surface area (Å²) >= 11 is 0. The molecule has 0 aromatic heterocycles. The highest BCUT2D eigenvalue weighted by Crippen LogP contribution is 2.45. The Morgan fingerprint density at radius 2 is 2.00 bits per heavy atom. The Hall–Kier alpha value is -0.820. The maximum absolute atomic E-state index is 6.62. The van der Waals surface area contributed by atoms with E-state index in [-0.39, 0.29) is 11.0 Å². The predicted molar refractivity (Wildman–Crippen MR) is 69.4 cm³/mol. The van der Waals surface area contributed by atoms with Gasteiger partial charge in [0, 0.05) is 5.54 Å². The molecule has 0 amide bonds. The molecule has 0 bridgehead atoms. The molecule has 1 saturated carbocycles. The van der Waals surface area contributed by atoms with Crippen LogP contribution in [0.2, 0.25) is 0 Å². The second-order valence-electron chi connectivity index (χ2n) is 6.06. The van der Waals surface area contributed by atoms with Crippen LogP contribution < -0.4 is 5.73 Å². The minimum atomic E-state index is -0.0131. The average Bonchev–Trinajstić information content (AvgIpc) is 2.41. The molecule has 1 aliphatic carbocycles. The monoisotopic (exact) mass is 217 g/mol. The molecule has 1 aliphatic rings. The highest BCUT2D eigenvalue weighted by molar-refractivity contribution is 5.25. The first kappa shape index (κ1) is 11.7. The van der Waals surface area contributed by atoms with Crippen molar-refractivity contribution in [3.05, 3.63) is 35.4 Å². The molecule has 1 fully saturated rings. The van der Waals surface area contributed by atoms with Crippen LogP contribution >= 0.6 is 0 Å². The number of benzene rings is 1. The maximum Gasteiger partial charge on any atom is 0.0246 e. The fraction of sp³-hybridized carbons (Fsp3) is 0.600. The lowest BCUT2D eigenvalue weighted by Gasteiger charge is -2.38. The molecule has 0 radical (unpaired) electrons. The molecule has 0 aliphatic heterocycles. The summed E-state index contributed by atoms with van der Waals surface area (Å²) in [5, 5.41) is 0. The molecule has 1 aromatic carbocycles. The van der Waals surface area contributed by atoms with Crippen LogP contribution in [0.1, 0.15) is 44.2 Å². The Morgan fingerprint density at radius 1 is 1.25 bits per heavy atom. The molecular formula is C15H23N. The van der Waals surface area contributed by atoms with Gasteiger partial charge in [0.1, 0.15) is 0 Å². The normalized spacial score (nSPS) is 28.2. The van der Waals surface area contributed by atoms with Gasteiger partial charge in [-0.1, -0.05) is 50.1 Å². The molecule has 0 heterocycles. The van der Waals surface area contributed by atoms with Gasteiger partial charge in [-0.25, -0.2) is 0 Å². The van der Waals surface area contributed by atoms with Crippen LogP contribution in [-0.4, -0.2) is 5.54 Å². The Labute approximate surface area is 99.0 Å². The summed E-state index contributed by atoms with van der Waals surface area (Å²) < 4.78 is 0. The first-order valence-corrected chi connectivity index (χ1v) is 6.27. The van der Waals surface area contributed by atoms with Crippen molar-refractivity contribution in [2.75, 3.05) is 0 Å². The highest BCUT2D eigenvalue weighted by atomic mass is 14.8. The van der Waals surface area contributed by atoms with Crippen molar-refractivity contribution < 1.29 is 0 Å². The van der Waals surface area contributed by atoms with E-state index in [9.17, 15) is 0 Å². The third-order valence-corrected chi connectivity index (χ3v) is 4.37. The summed E-state index contributed by atoms with van der Waals surface area (Å²) in [4.78, 5) is 0. The molecule has 2 N–H and O–H groups in total. The molecule has 1 aromatic rings. The van der Waals surface area contributed by atoms with Gasteiger partial charge in [-0.3, -0.25) is 0 Å². The predicted octanol–water partition coefficient (Wildman–Crippen LogP) is 3.45. The van der Waals surface area contributed by atoms with Gasteiger partial charge in [0.25, 0.3) is 0 Å². The zero-order valence-corrected chi connectivity index (χ0v) is 10.7. The first-order chi connectivity index (χ1) is 7.43. The van der Waals surface area contributed by atoms with Gasteiger partial charge in [0.05, 0.1) is 0 Å². The van der Waals surface area contributed by atoms with E-state index >= 15 is 0 Å². The summed E-state index contributed by atoms with van der Waals surface area (Å²) in [6.07, 6.45) is 4.71. The van der Waals surface area contributed by atoms with Gasteiger partial charge in [-0.2, -0.15) is 0 Å². The topological polar surface area (TPSA) is 26.0 Å². The van der Waals surface area contributed by atoms with E-state index in [1.807, 2.05) is 0 Å². The van der Waals surface area contributed by atoms with E-state index < -0.39 is 0 Å². The fourth-order valence-electron chi connectivity index (χ4n) is 2.95. The van der Waals surface area contributed by atoms with Crippen LogP contribution in [0.15, 0.2) is 24.3 Å². The zero-order valence-electron chi connectivity index (χ0n) is 10.7. The molecule has 0 saturated heterocycles. The van der Waals surface area contributed by atoms with Crippen LogP contribution in [0.3, 0.4) is 0 Å².